The number of nitrogens with one attached hydrogen (secondary N) is 1. The Balaban J connectivity index is 1.75. The maximum atomic E-state index is 12.2. The molecule has 0 aliphatic heterocycles. The van der Waals surface area contributed by atoms with Gasteiger partial charge >= 0.3 is 0 Å². The van der Waals surface area contributed by atoms with E-state index >= 15 is 0 Å². The molecule has 0 heterocycles. The van der Waals surface area contributed by atoms with Crippen molar-refractivity contribution in [1.82, 2.24) is 10.2 Å². The molecule has 2 aliphatic carbocycles. The molecule has 3 nitrogen and oxygen atoms in total. The summed E-state index contributed by atoms with van der Waals surface area (Å²) in [7, 11) is 0. The highest BCUT2D eigenvalue weighted by Gasteiger charge is 2.41. The molecule has 1 atom stereocenters. The van der Waals surface area contributed by atoms with Crippen LogP contribution in [-0.4, -0.2) is 36.5 Å². The van der Waals surface area contributed by atoms with Crippen LogP contribution >= 0.6 is 0 Å². The molecule has 0 aromatic heterocycles. The lowest BCUT2D eigenvalue weighted by atomic mass is 9.97. The van der Waals surface area contributed by atoms with E-state index in [1.165, 1.54) is 25.7 Å². The second-order valence-corrected chi connectivity index (χ2v) is 5.98. The van der Waals surface area contributed by atoms with E-state index in [0.717, 1.165) is 37.4 Å². The van der Waals surface area contributed by atoms with Gasteiger partial charge in [0.1, 0.15) is 0 Å². The smallest absolute Gasteiger partial charge is 0.239 e. The quantitative estimate of drug-likeness (QED) is 0.719. The first-order valence-electron chi connectivity index (χ1n) is 7.69. The minimum absolute atomic E-state index is 0.0232. The first-order chi connectivity index (χ1) is 8.67. The van der Waals surface area contributed by atoms with E-state index in [0.29, 0.717) is 0 Å². The maximum absolute atomic E-state index is 12.2. The van der Waals surface area contributed by atoms with Gasteiger partial charge in [-0.15, -0.1) is 0 Å². The van der Waals surface area contributed by atoms with Crippen LogP contribution in [-0.2, 0) is 4.79 Å². The van der Waals surface area contributed by atoms with E-state index < -0.39 is 0 Å². The van der Waals surface area contributed by atoms with Crippen LogP contribution in [0.1, 0.15) is 46.5 Å². The number of likely N-dealkylation sites (N-methyl/N-ethyl adjacent to an activating group) is 1. The third-order valence-electron chi connectivity index (χ3n) is 4.56. The molecule has 104 valence electrons. The Labute approximate surface area is 111 Å². The summed E-state index contributed by atoms with van der Waals surface area (Å²) < 4.78 is 0. The summed E-state index contributed by atoms with van der Waals surface area (Å²) in [5.74, 6) is 3.02. The normalized spacial score (nSPS) is 21.1. The van der Waals surface area contributed by atoms with Gasteiger partial charge in [0.15, 0.2) is 0 Å². The Morgan fingerprint density at radius 3 is 2.06 bits per heavy atom. The summed E-state index contributed by atoms with van der Waals surface area (Å²) in [6.07, 6.45) is 5.67. The predicted octanol–water partition coefficient (Wildman–Crippen LogP) is 2.27. The Hall–Kier alpha value is -0.570. The highest BCUT2D eigenvalue weighted by molar-refractivity contribution is 5.81. The van der Waals surface area contributed by atoms with Crippen LogP contribution in [0, 0.1) is 17.8 Å². The van der Waals surface area contributed by atoms with Crippen LogP contribution in [0.25, 0.3) is 0 Å². The van der Waals surface area contributed by atoms with Crippen molar-refractivity contribution < 1.29 is 4.79 Å². The molecule has 1 unspecified atom stereocenters. The van der Waals surface area contributed by atoms with Crippen LogP contribution in [0.5, 0.6) is 0 Å². The Bertz CT molecular complexity index is 268. The zero-order valence-electron chi connectivity index (χ0n) is 12.1. The topological polar surface area (TPSA) is 32.3 Å². The van der Waals surface area contributed by atoms with Crippen molar-refractivity contribution in [3.63, 3.8) is 0 Å². The maximum Gasteiger partial charge on any atom is 0.239 e. The average Bonchev–Trinajstić information content (AvgIpc) is 3.24. The first-order valence-corrected chi connectivity index (χ1v) is 7.69. The van der Waals surface area contributed by atoms with Gasteiger partial charge in [0.25, 0.3) is 0 Å². The summed E-state index contributed by atoms with van der Waals surface area (Å²) in [4.78, 5) is 14.1. The van der Waals surface area contributed by atoms with Crippen LogP contribution < -0.4 is 5.32 Å². The van der Waals surface area contributed by atoms with Crippen molar-refractivity contribution in [3.8, 4) is 0 Å². The van der Waals surface area contributed by atoms with Gasteiger partial charge in [0.2, 0.25) is 5.91 Å². The van der Waals surface area contributed by atoms with E-state index in [1.807, 2.05) is 25.7 Å². The van der Waals surface area contributed by atoms with Gasteiger partial charge in [0.05, 0.1) is 6.04 Å². The van der Waals surface area contributed by atoms with Crippen LogP contribution in [0.2, 0.25) is 0 Å². The molecular formula is C15H28N2O. The molecule has 0 bridgehead atoms. The fraction of sp³-hybridized carbons (Fsp3) is 0.933. The SMILES string of the molecule is CCN(CC)C(=O)C(C)NCC(C1CC1)C1CC1. The molecule has 1 amide bonds. The van der Waals surface area contributed by atoms with E-state index in [9.17, 15) is 4.79 Å². The highest BCUT2D eigenvalue weighted by Crippen LogP contribution is 2.48. The van der Waals surface area contributed by atoms with Gasteiger partial charge in [0, 0.05) is 13.1 Å². The number of hydrogen-bond donors (Lipinski definition) is 1. The third-order valence-corrected chi connectivity index (χ3v) is 4.56. The molecule has 2 fully saturated rings. The molecule has 0 saturated heterocycles. The summed E-state index contributed by atoms with van der Waals surface area (Å²) in [6, 6.07) is -0.0232. The Kier molecular flexibility index (Phi) is 4.66. The van der Waals surface area contributed by atoms with E-state index in [-0.39, 0.29) is 11.9 Å². The molecule has 0 radical (unpaired) electrons. The van der Waals surface area contributed by atoms with Gasteiger partial charge in [-0.25, -0.2) is 0 Å². The van der Waals surface area contributed by atoms with Gasteiger partial charge in [-0.2, -0.15) is 0 Å². The molecule has 0 aromatic carbocycles. The molecule has 0 spiro atoms. The van der Waals surface area contributed by atoms with Crippen molar-refractivity contribution in [1.29, 1.82) is 0 Å². The first kappa shape index (κ1) is 13.9. The van der Waals surface area contributed by atoms with Crippen molar-refractivity contribution in [3.05, 3.63) is 0 Å². The molecule has 2 aliphatic rings. The molecule has 2 saturated carbocycles. The molecule has 1 N–H and O–H groups in total. The third kappa shape index (κ3) is 3.47. The lowest BCUT2D eigenvalue weighted by molar-refractivity contribution is -0.132. The summed E-state index contributed by atoms with van der Waals surface area (Å²) in [5.41, 5.74) is 0. The minimum atomic E-state index is -0.0232. The number of rotatable bonds is 8. The minimum Gasteiger partial charge on any atom is -0.342 e. The zero-order chi connectivity index (χ0) is 13.1. The molecule has 2 rings (SSSR count). The van der Waals surface area contributed by atoms with Crippen LogP contribution in [0.3, 0.4) is 0 Å². The van der Waals surface area contributed by atoms with Crippen molar-refractivity contribution >= 4 is 5.91 Å². The number of carbonyl (C=O) groups is 1. The van der Waals surface area contributed by atoms with Crippen molar-refractivity contribution in [2.24, 2.45) is 17.8 Å². The number of hydrogen-bond acceptors (Lipinski definition) is 2. The second-order valence-electron chi connectivity index (χ2n) is 5.98. The largest absolute Gasteiger partial charge is 0.342 e. The van der Waals surface area contributed by atoms with Crippen molar-refractivity contribution in [2.45, 2.75) is 52.5 Å². The van der Waals surface area contributed by atoms with Crippen LogP contribution in [0.15, 0.2) is 0 Å². The van der Waals surface area contributed by atoms with Gasteiger partial charge < -0.3 is 10.2 Å². The summed E-state index contributed by atoms with van der Waals surface area (Å²) in [5, 5.41) is 3.48. The number of carbonyl (C=O) groups excluding carboxylic acids is 1. The predicted molar refractivity (Wildman–Crippen MR) is 74.3 cm³/mol. The summed E-state index contributed by atoms with van der Waals surface area (Å²) >= 11 is 0. The lowest BCUT2D eigenvalue weighted by Gasteiger charge is -2.25. The number of amides is 1. The fourth-order valence-electron chi connectivity index (χ4n) is 2.98. The lowest BCUT2D eigenvalue weighted by Crippen LogP contribution is -2.46. The average molecular weight is 252 g/mol. The molecule has 3 heteroatoms. The van der Waals surface area contributed by atoms with Gasteiger partial charge in [-0.3, -0.25) is 4.79 Å². The van der Waals surface area contributed by atoms with E-state index in [1.54, 1.807) is 0 Å². The molecular weight excluding hydrogens is 224 g/mol. The zero-order valence-corrected chi connectivity index (χ0v) is 12.1. The summed E-state index contributed by atoms with van der Waals surface area (Å²) in [6.45, 7) is 8.78. The number of nitrogens with zero attached hydrogens (tertiary/aromatic N) is 1. The standard InChI is InChI=1S/C15H28N2O/c1-4-17(5-2)15(18)11(3)16-10-14(12-6-7-12)13-8-9-13/h11-14,16H,4-10H2,1-3H3. The van der Waals surface area contributed by atoms with E-state index in [2.05, 4.69) is 5.32 Å². The highest BCUT2D eigenvalue weighted by atomic mass is 16.2. The second kappa shape index (κ2) is 6.05. The Morgan fingerprint density at radius 2 is 1.67 bits per heavy atom. The van der Waals surface area contributed by atoms with Gasteiger partial charge in [-0.1, -0.05) is 0 Å². The van der Waals surface area contributed by atoms with E-state index in [4.69, 9.17) is 0 Å². The van der Waals surface area contributed by atoms with Crippen molar-refractivity contribution in [2.75, 3.05) is 19.6 Å². The molecule has 18 heavy (non-hydrogen) atoms. The monoisotopic (exact) mass is 252 g/mol. The fourth-order valence-corrected chi connectivity index (χ4v) is 2.98. The molecule has 0 aromatic rings. The Morgan fingerprint density at radius 1 is 1.17 bits per heavy atom. The van der Waals surface area contributed by atoms with Crippen LogP contribution in [0.4, 0.5) is 0 Å². The van der Waals surface area contributed by atoms with Gasteiger partial charge in [-0.05, 0) is 70.8 Å².